The number of oxime groups is 1. The molecule has 33 heavy (non-hydrogen) atoms. The molecular weight excluding hydrogens is 486 g/mol. The van der Waals surface area contributed by atoms with Gasteiger partial charge in [-0.2, -0.15) is 0 Å². The van der Waals surface area contributed by atoms with Crippen LogP contribution < -0.4 is 4.74 Å². The Morgan fingerprint density at radius 3 is 2.48 bits per heavy atom. The van der Waals surface area contributed by atoms with Gasteiger partial charge in [-0.25, -0.2) is 4.79 Å². The number of carbonyl (C=O) groups is 1. The smallest absolute Gasteiger partial charge is 0.503 e. The van der Waals surface area contributed by atoms with Gasteiger partial charge in [0.1, 0.15) is 17.9 Å². The molecule has 0 fully saturated rings. The molecule has 0 bridgehead atoms. The van der Waals surface area contributed by atoms with Gasteiger partial charge in [-0.1, -0.05) is 46.6 Å². The van der Waals surface area contributed by atoms with Crippen molar-refractivity contribution in [3.63, 3.8) is 0 Å². The van der Waals surface area contributed by atoms with Crippen molar-refractivity contribution in [1.29, 1.82) is 0 Å². The van der Waals surface area contributed by atoms with E-state index in [9.17, 15) is 18.0 Å². The maximum Gasteiger partial charge on any atom is 0.573 e. The first-order chi connectivity index (χ1) is 15.5. The van der Waals surface area contributed by atoms with Crippen molar-refractivity contribution < 1.29 is 37.0 Å². The van der Waals surface area contributed by atoms with Crippen LogP contribution in [0.25, 0.3) is 5.57 Å². The topological polar surface area (TPSA) is 66.4 Å². The lowest BCUT2D eigenvalue weighted by atomic mass is 9.97. The maximum absolute atomic E-state index is 12.8. The number of aryl methyl sites for hydroxylation is 1. The molecule has 0 aliphatic heterocycles. The van der Waals surface area contributed by atoms with Gasteiger partial charge in [0, 0.05) is 10.6 Å². The van der Waals surface area contributed by atoms with Crippen LogP contribution in [0.5, 0.6) is 5.75 Å². The quantitative estimate of drug-likeness (QED) is 0.138. The SMILES string of the molecule is CO/C=C(/C(=O)OC)c1cccc(C)c1CO/N=C(\C)c1c(Cl)cc(Cl)cc1OC(F)(F)F. The zero-order valence-corrected chi connectivity index (χ0v) is 19.6. The lowest BCUT2D eigenvalue weighted by molar-refractivity contribution is -0.274. The average Bonchev–Trinajstić information content (AvgIpc) is 2.71. The van der Waals surface area contributed by atoms with Crippen molar-refractivity contribution in [2.45, 2.75) is 26.8 Å². The molecule has 0 atom stereocenters. The van der Waals surface area contributed by atoms with Crippen molar-refractivity contribution in [3.05, 3.63) is 68.9 Å². The molecule has 6 nitrogen and oxygen atoms in total. The zero-order chi connectivity index (χ0) is 24.8. The molecule has 0 amide bonds. The normalized spacial score (nSPS) is 12.4. The van der Waals surface area contributed by atoms with E-state index in [1.165, 1.54) is 33.5 Å². The Balaban J connectivity index is 2.39. The van der Waals surface area contributed by atoms with Crippen LogP contribution in [0.4, 0.5) is 13.2 Å². The van der Waals surface area contributed by atoms with Crippen LogP contribution in [0.2, 0.25) is 10.0 Å². The highest BCUT2D eigenvalue weighted by Crippen LogP contribution is 2.35. The van der Waals surface area contributed by atoms with Gasteiger partial charge in [0.15, 0.2) is 0 Å². The summed E-state index contributed by atoms with van der Waals surface area (Å²) < 4.78 is 52.3. The van der Waals surface area contributed by atoms with Crippen LogP contribution in [0.1, 0.15) is 29.2 Å². The Bertz CT molecular complexity index is 1080. The monoisotopic (exact) mass is 505 g/mol. The van der Waals surface area contributed by atoms with E-state index in [-0.39, 0.29) is 33.5 Å². The van der Waals surface area contributed by atoms with Gasteiger partial charge in [0.2, 0.25) is 0 Å². The number of hydrogen-bond donors (Lipinski definition) is 0. The molecule has 0 aliphatic carbocycles. The largest absolute Gasteiger partial charge is 0.573 e. The molecular formula is C22H20Cl2F3NO5. The summed E-state index contributed by atoms with van der Waals surface area (Å²) in [5, 5.41) is 3.76. The predicted octanol–water partition coefficient (Wildman–Crippen LogP) is 6.30. The Morgan fingerprint density at radius 1 is 1.18 bits per heavy atom. The number of ether oxygens (including phenoxy) is 3. The lowest BCUT2D eigenvalue weighted by Gasteiger charge is -2.16. The molecule has 0 saturated heterocycles. The number of hydrogen-bond acceptors (Lipinski definition) is 6. The highest BCUT2D eigenvalue weighted by molar-refractivity contribution is 6.37. The van der Waals surface area contributed by atoms with Crippen LogP contribution in [0, 0.1) is 6.92 Å². The molecule has 0 N–H and O–H groups in total. The van der Waals surface area contributed by atoms with Gasteiger partial charge < -0.3 is 19.0 Å². The number of methoxy groups -OCH3 is 2. The number of rotatable bonds is 8. The Hall–Kier alpha value is -2.91. The lowest BCUT2D eigenvalue weighted by Crippen LogP contribution is -2.19. The number of benzene rings is 2. The fraction of sp³-hybridized carbons (Fsp3) is 0.273. The predicted molar refractivity (Wildman–Crippen MR) is 118 cm³/mol. The average molecular weight is 506 g/mol. The summed E-state index contributed by atoms with van der Waals surface area (Å²) in [5.74, 6) is -1.23. The molecule has 0 aromatic heterocycles. The summed E-state index contributed by atoms with van der Waals surface area (Å²) in [4.78, 5) is 17.6. The number of carbonyl (C=O) groups excluding carboxylic acids is 1. The standard InChI is InChI=1S/C22H20Cl2F3NO5/c1-12-6-5-7-15(17(10-30-3)21(29)31-4)16(12)11-32-28-13(2)20-18(24)8-14(23)9-19(20)33-22(25,26)27/h5-10H,11H2,1-4H3/b17-10+,28-13+. The molecule has 178 valence electrons. The highest BCUT2D eigenvalue weighted by atomic mass is 35.5. The number of esters is 1. The molecule has 0 spiro atoms. The van der Waals surface area contributed by atoms with Crippen LogP contribution in [-0.2, 0) is 25.7 Å². The minimum absolute atomic E-state index is 0.0201. The summed E-state index contributed by atoms with van der Waals surface area (Å²) in [7, 11) is 2.63. The van der Waals surface area contributed by atoms with Gasteiger partial charge >= 0.3 is 12.3 Å². The van der Waals surface area contributed by atoms with E-state index in [0.29, 0.717) is 11.1 Å². The summed E-state index contributed by atoms with van der Waals surface area (Å²) >= 11 is 11.9. The van der Waals surface area contributed by atoms with E-state index < -0.39 is 18.1 Å². The van der Waals surface area contributed by atoms with E-state index in [4.69, 9.17) is 37.5 Å². The molecule has 0 heterocycles. The van der Waals surface area contributed by atoms with Crippen molar-refractivity contribution in [3.8, 4) is 5.75 Å². The van der Waals surface area contributed by atoms with Crippen molar-refractivity contribution in [2.75, 3.05) is 14.2 Å². The highest BCUT2D eigenvalue weighted by Gasteiger charge is 2.33. The van der Waals surface area contributed by atoms with Gasteiger partial charge in [0.05, 0.1) is 36.8 Å². The Labute approximate surface area is 198 Å². The fourth-order valence-electron chi connectivity index (χ4n) is 2.94. The summed E-state index contributed by atoms with van der Waals surface area (Å²) in [5.41, 5.74) is 1.91. The van der Waals surface area contributed by atoms with E-state index in [1.54, 1.807) is 25.1 Å². The third-order valence-electron chi connectivity index (χ3n) is 4.36. The van der Waals surface area contributed by atoms with Crippen LogP contribution in [-0.4, -0.2) is 32.3 Å². The van der Waals surface area contributed by atoms with Crippen LogP contribution in [0.15, 0.2) is 41.7 Å². The van der Waals surface area contributed by atoms with Crippen LogP contribution in [0.3, 0.4) is 0 Å². The fourth-order valence-corrected chi connectivity index (χ4v) is 3.55. The van der Waals surface area contributed by atoms with Gasteiger partial charge in [-0.05, 0) is 37.1 Å². The minimum atomic E-state index is -4.96. The minimum Gasteiger partial charge on any atom is -0.503 e. The third kappa shape index (κ3) is 7.03. The molecule has 0 aliphatic rings. The van der Waals surface area contributed by atoms with Gasteiger partial charge in [-0.3, -0.25) is 0 Å². The third-order valence-corrected chi connectivity index (χ3v) is 4.87. The van der Waals surface area contributed by atoms with Crippen LogP contribution >= 0.6 is 23.2 Å². The van der Waals surface area contributed by atoms with Gasteiger partial charge in [0.25, 0.3) is 0 Å². The Morgan fingerprint density at radius 2 is 1.88 bits per heavy atom. The van der Waals surface area contributed by atoms with E-state index in [2.05, 4.69) is 9.89 Å². The first-order valence-electron chi connectivity index (χ1n) is 9.30. The van der Waals surface area contributed by atoms with Gasteiger partial charge in [-0.15, -0.1) is 13.2 Å². The second kappa shape index (κ2) is 11.3. The molecule has 2 aromatic rings. The first-order valence-corrected chi connectivity index (χ1v) is 10.1. The molecule has 0 unspecified atom stereocenters. The summed E-state index contributed by atoms with van der Waals surface area (Å²) in [6.45, 7) is 3.09. The molecule has 2 aromatic carbocycles. The number of nitrogens with zero attached hydrogens (tertiary/aromatic N) is 1. The van der Waals surface area contributed by atoms with E-state index in [1.807, 2.05) is 0 Å². The molecule has 2 rings (SSSR count). The second-order valence-electron chi connectivity index (χ2n) is 6.62. The first kappa shape index (κ1) is 26.3. The van der Waals surface area contributed by atoms with E-state index in [0.717, 1.165) is 11.6 Å². The Kier molecular flexibility index (Phi) is 9.01. The van der Waals surface area contributed by atoms with Crippen molar-refractivity contribution in [1.82, 2.24) is 0 Å². The summed E-state index contributed by atoms with van der Waals surface area (Å²) in [6.07, 6.45) is -3.72. The molecule has 0 radical (unpaired) electrons. The van der Waals surface area contributed by atoms with Crippen molar-refractivity contribution in [2.24, 2.45) is 5.16 Å². The van der Waals surface area contributed by atoms with E-state index >= 15 is 0 Å². The second-order valence-corrected chi connectivity index (χ2v) is 7.46. The summed E-state index contributed by atoms with van der Waals surface area (Å²) in [6, 6.07) is 7.45. The molecule has 11 heteroatoms. The number of halogens is 5. The van der Waals surface area contributed by atoms with Crippen molar-refractivity contribution >= 4 is 40.5 Å². The maximum atomic E-state index is 12.8. The number of alkyl halides is 3. The zero-order valence-electron chi connectivity index (χ0n) is 18.0. The molecule has 0 saturated carbocycles.